The van der Waals surface area contributed by atoms with Crippen LogP contribution < -0.4 is 16.2 Å². The zero-order valence-electron chi connectivity index (χ0n) is 12.5. The summed E-state index contributed by atoms with van der Waals surface area (Å²) in [4.78, 5) is -0.0171. The van der Waals surface area contributed by atoms with Crippen LogP contribution in [-0.4, -0.2) is 15.0 Å². The Hall–Kier alpha value is -1.27. The van der Waals surface area contributed by atoms with Gasteiger partial charge in [0.05, 0.1) is 5.69 Å². The molecule has 1 aromatic carbocycles. The average molecular weight is 311 g/mol. The molecule has 0 atom stereocenters. The van der Waals surface area contributed by atoms with Crippen LogP contribution in [0.3, 0.4) is 0 Å². The van der Waals surface area contributed by atoms with Gasteiger partial charge in [0.25, 0.3) is 0 Å². The van der Waals surface area contributed by atoms with E-state index in [0.717, 1.165) is 18.2 Å². The van der Waals surface area contributed by atoms with Gasteiger partial charge in [-0.15, -0.1) is 0 Å². The molecule has 118 valence electrons. The van der Waals surface area contributed by atoms with E-state index in [9.17, 15) is 8.42 Å². The number of nitrogens with two attached hydrogens (primary N) is 2. The zero-order valence-corrected chi connectivity index (χ0v) is 13.3. The summed E-state index contributed by atoms with van der Waals surface area (Å²) in [6.45, 7) is 3.17. The van der Waals surface area contributed by atoms with Gasteiger partial charge in [0.2, 0.25) is 10.0 Å². The number of rotatable bonds is 5. The number of anilines is 2. The zero-order chi connectivity index (χ0) is 15.5. The summed E-state index contributed by atoms with van der Waals surface area (Å²) >= 11 is 0. The van der Waals surface area contributed by atoms with E-state index in [1.807, 2.05) is 0 Å². The Bertz CT molecular complexity index is 579. The Morgan fingerprint density at radius 3 is 2.33 bits per heavy atom. The van der Waals surface area contributed by atoms with Gasteiger partial charge in [0.1, 0.15) is 4.90 Å². The van der Waals surface area contributed by atoms with Gasteiger partial charge in [-0.1, -0.05) is 26.2 Å². The Balaban J connectivity index is 1.91. The van der Waals surface area contributed by atoms with Crippen LogP contribution >= 0.6 is 0 Å². The SMILES string of the molecule is CCC1CCC(CNc2ccc(S(N)(=O)=O)c(N)c2)CC1. The van der Waals surface area contributed by atoms with Crippen molar-refractivity contribution in [1.82, 2.24) is 0 Å². The summed E-state index contributed by atoms with van der Waals surface area (Å²) in [7, 11) is -3.75. The predicted molar refractivity (Wildman–Crippen MR) is 86.5 cm³/mol. The number of nitrogen functional groups attached to an aromatic ring is 1. The second-order valence-electron chi connectivity index (χ2n) is 5.97. The molecule has 0 spiro atoms. The number of primary sulfonamides is 1. The minimum absolute atomic E-state index is 0.0171. The van der Waals surface area contributed by atoms with E-state index in [-0.39, 0.29) is 10.6 Å². The molecule has 0 heterocycles. The Kier molecular flexibility index (Phi) is 5.11. The van der Waals surface area contributed by atoms with E-state index in [0.29, 0.717) is 5.92 Å². The summed E-state index contributed by atoms with van der Waals surface area (Å²) in [5, 5.41) is 8.45. The fourth-order valence-electron chi connectivity index (χ4n) is 3.02. The Labute approximate surface area is 127 Å². The lowest BCUT2D eigenvalue weighted by molar-refractivity contribution is 0.278. The van der Waals surface area contributed by atoms with Crippen molar-refractivity contribution >= 4 is 21.4 Å². The highest BCUT2D eigenvalue weighted by molar-refractivity contribution is 7.89. The van der Waals surface area contributed by atoms with E-state index >= 15 is 0 Å². The van der Waals surface area contributed by atoms with Crippen molar-refractivity contribution in [2.45, 2.75) is 43.9 Å². The lowest BCUT2D eigenvalue weighted by Gasteiger charge is -2.28. The van der Waals surface area contributed by atoms with Crippen molar-refractivity contribution in [2.75, 3.05) is 17.6 Å². The second kappa shape index (κ2) is 6.66. The lowest BCUT2D eigenvalue weighted by atomic mass is 9.81. The maximum atomic E-state index is 11.3. The van der Waals surface area contributed by atoms with Crippen molar-refractivity contribution in [2.24, 2.45) is 17.0 Å². The molecule has 2 rings (SSSR count). The minimum atomic E-state index is -3.75. The van der Waals surface area contributed by atoms with Gasteiger partial charge in [-0.2, -0.15) is 0 Å². The largest absolute Gasteiger partial charge is 0.398 e. The molecule has 0 aliphatic heterocycles. The van der Waals surface area contributed by atoms with Gasteiger partial charge in [0.15, 0.2) is 0 Å². The van der Waals surface area contributed by atoms with Gasteiger partial charge < -0.3 is 11.1 Å². The number of hydrogen-bond acceptors (Lipinski definition) is 4. The van der Waals surface area contributed by atoms with Gasteiger partial charge >= 0.3 is 0 Å². The second-order valence-corrected chi connectivity index (χ2v) is 7.50. The predicted octanol–water partition coefficient (Wildman–Crippen LogP) is 2.54. The molecule has 1 aromatic rings. The van der Waals surface area contributed by atoms with Crippen LogP contribution in [0.2, 0.25) is 0 Å². The van der Waals surface area contributed by atoms with Crippen molar-refractivity contribution < 1.29 is 8.42 Å². The first-order valence-electron chi connectivity index (χ1n) is 7.56. The first-order valence-corrected chi connectivity index (χ1v) is 9.11. The van der Waals surface area contributed by atoms with Gasteiger partial charge in [0, 0.05) is 12.2 Å². The summed E-state index contributed by atoms with van der Waals surface area (Å²) in [6, 6.07) is 4.81. The monoisotopic (exact) mass is 311 g/mol. The lowest BCUT2D eigenvalue weighted by Crippen LogP contribution is -2.21. The highest BCUT2D eigenvalue weighted by atomic mass is 32.2. The summed E-state index contributed by atoms with van der Waals surface area (Å²) in [6.07, 6.45) is 6.43. The summed E-state index contributed by atoms with van der Waals surface area (Å²) in [5.74, 6) is 1.58. The van der Waals surface area contributed by atoms with Crippen LogP contribution in [0.25, 0.3) is 0 Å². The quantitative estimate of drug-likeness (QED) is 0.728. The molecule has 0 radical (unpaired) electrons. The highest BCUT2D eigenvalue weighted by Crippen LogP contribution is 2.31. The van der Waals surface area contributed by atoms with Crippen LogP contribution in [0.1, 0.15) is 39.0 Å². The minimum Gasteiger partial charge on any atom is -0.398 e. The topological polar surface area (TPSA) is 98.2 Å². The van der Waals surface area contributed by atoms with Crippen LogP contribution in [0, 0.1) is 11.8 Å². The van der Waals surface area contributed by atoms with Gasteiger partial charge in [-0.3, -0.25) is 0 Å². The molecule has 0 amide bonds. The molecule has 1 saturated carbocycles. The van der Waals surface area contributed by atoms with E-state index in [4.69, 9.17) is 10.9 Å². The molecule has 21 heavy (non-hydrogen) atoms. The molecule has 0 unspecified atom stereocenters. The van der Waals surface area contributed by atoms with E-state index in [1.54, 1.807) is 12.1 Å². The van der Waals surface area contributed by atoms with Crippen molar-refractivity contribution in [1.29, 1.82) is 0 Å². The number of nitrogens with one attached hydrogen (secondary N) is 1. The smallest absolute Gasteiger partial charge is 0.240 e. The molecule has 1 aliphatic carbocycles. The molecular formula is C15H25N3O2S. The molecule has 1 fully saturated rings. The normalized spacial score (nSPS) is 23.0. The number of benzene rings is 1. The Morgan fingerprint density at radius 1 is 1.19 bits per heavy atom. The summed E-state index contributed by atoms with van der Waals surface area (Å²) in [5.41, 5.74) is 6.79. The van der Waals surface area contributed by atoms with Crippen molar-refractivity contribution in [3.8, 4) is 0 Å². The fourth-order valence-corrected chi connectivity index (χ4v) is 3.67. The Morgan fingerprint density at radius 2 is 1.81 bits per heavy atom. The number of sulfonamides is 1. The summed E-state index contributed by atoms with van der Waals surface area (Å²) < 4.78 is 22.6. The third-order valence-electron chi connectivity index (χ3n) is 4.45. The van der Waals surface area contributed by atoms with Crippen LogP contribution in [0.5, 0.6) is 0 Å². The van der Waals surface area contributed by atoms with Gasteiger partial charge in [-0.05, 0) is 42.9 Å². The first kappa shape index (κ1) is 16.1. The third-order valence-corrected chi connectivity index (χ3v) is 5.44. The molecule has 5 N–H and O–H groups in total. The molecule has 6 heteroatoms. The van der Waals surface area contributed by atoms with Crippen molar-refractivity contribution in [3.05, 3.63) is 18.2 Å². The average Bonchev–Trinajstić information content (AvgIpc) is 2.44. The van der Waals surface area contributed by atoms with Crippen LogP contribution in [-0.2, 0) is 10.0 Å². The third kappa shape index (κ3) is 4.35. The molecule has 1 aliphatic rings. The molecule has 0 bridgehead atoms. The van der Waals surface area contributed by atoms with Crippen molar-refractivity contribution in [3.63, 3.8) is 0 Å². The highest BCUT2D eigenvalue weighted by Gasteiger charge is 2.20. The molecule has 5 nitrogen and oxygen atoms in total. The maximum absolute atomic E-state index is 11.3. The van der Waals surface area contributed by atoms with E-state index < -0.39 is 10.0 Å². The molecule has 0 aromatic heterocycles. The standard InChI is InChI=1S/C15H25N3O2S/c1-2-11-3-5-12(6-4-11)10-18-13-7-8-15(14(16)9-13)21(17,19)20/h7-9,11-12,18H,2-6,10,16H2,1H3,(H2,17,19,20). The maximum Gasteiger partial charge on any atom is 0.240 e. The first-order chi connectivity index (χ1) is 9.90. The van der Waals surface area contributed by atoms with E-state index in [2.05, 4.69) is 12.2 Å². The molecular weight excluding hydrogens is 286 g/mol. The molecule has 0 saturated heterocycles. The van der Waals surface area contributed by atoms with Crippen LogP contribution in [0.4, 0.5) is 11.4 Å². The van der Waals surface area contributed by atoms with Crippen LogP contribution in [0.15, 0.2) is 23.1 Å². The number of hydrogen-bond donors (Lipinski definition) is 3. The van der Waals surface area contributed by atoms with E-state index in [1.165, 1.54) is 38.2 Å². The fraction of sp³-hybridized carbons (Fsp3) is 0.600. The van der Waals surface area contributed by atoms with Gasteiger partial charge in [-0.25, -0.2) is 13.6 Å².